The molecule has 1 aromatic heterocycles. The summed E-state index contributed by atoms with van der Waals surface area (Å²) in [6.45, 7) is 4.69. The van der Waals surface area contributed by atoms with Gasteiger partial charge in [-0.05, 0) is 5.92 Å². The minimum absolute atomic E-state index is 0.0313. The van der Waals surface area contributed by atoms with Gasteiger partial charge in [-0.3, -0.25) is 0 Å². The number of rotatable bonds is 6. The number of nitrogens with one attached hydrogen (secondary N) is 1. The summed E-state index contributed by atoms with van der Waals surface area (Å²) in [6.07, 6.45) is 0. The summed E-state index contributed by atoms with van der Waals surface area (Å²) in [7, 11) is 2.97. The third kappa shape index (κ3) is 4.03. The highest BCUT2D eigenvalue weighted by molar-refractivity contribution is 5.27. The first-order valence-electron chi connectivity index (χ1n) is 5.40. The van der Waals surface area contributed by atoms with Crippen LogP contribution in [0.15, 0.2) is 0 Å². The smallest absolute Gasteiger partial charge is 0.324 e. The van der Waals surface area contributed by atoms with E-state index in [1.54, 1.807) is 0 Å². The minimum Gasteiger partial charge on any atom is -0.467 e. The van der Waals surface area contributed by atoms with Crippen molar-refractivity contribution >= 4 is 5.95 Å². The van der Waals surface area contributed by atoms with E-state index in [2.05, 4.69) is 34.1 Å². The van der Waals surface area contributed by atoms with E-state index in [1.165, 1.54) is 14.2 Å². The van der Waals surface area contributed by atoms with Gasteiger partial charge in [0.1, 0.15) is 0 Å². The number of methoxy groups -OCH3 is 2. The zero-order valence-electron chi connectivity index (χ0n) is 10.6. The fourth-order valence-electron chi connectivity index (χ4n) is 1.04. The van der Waals surface area contributed by atoms with Crippen molar-refractivity contribution < 1.29 is 9.47 Å². The van der Waals surface area contributed by atoms with E-state index < -0.39 is 0 Å². The van der Waals surface area contributed by atoms with Crippen LogP contribution in [-0.2, 0) is 0 Å². The van der Waals surface area contributed by atoms with E-state index in [1.807, 2.05) is 0 Å². The van der Waals surface area contributed by atoms with Crippen molar-refractivity contribution in [3.05, 3.63) is 0 Å². The predicted molar refractivity (Wildman–Crippen MR) is 64.2 cm³/mol. The summed E-state index contributed by atoms with van der Waals surface area (Å²) in [6, 6.07) is 0.443. The standard InChI is InChI=1S/C10H19N5O2/c1-6(2)7(11)5-12-8-13-9(16-3)15-10(14-8)17-4/h6-7H,5,11H2,1-4H3,(H,12,13,14,15). The molecule has 0 amide bonds. The Hall–Kier alpha value is -1.63. The van der Waals surface area contributed by atoms with Crippen LogP contribution in [0.25, 0.3) is 0 Å². The molecule has 0 radical (unpaired) electrons. The molecule has 0 aliphatic heterocycles. The molecule has 0 saturated carbocycles. The van der Waals surface area contributed by atoms with Crippen LogP contribution in [0.5, 0.6) is 12.0 Å². The maximum atomic E-state index is 5.91. The molecule has 7 heteroatoms. The molecule has 1 aromatic rings. The summed E-state index contributed by atoms with van der Waals surface area (Å²) >= 11 is 0. The lowest BCUT2D eigenvalue weighted by Gasteiger charge is -2.16. The van der Waals surface area contributed by atoms with E-state index in [0.717, 1.165) is 0 Å². The van der Waals surface area contributed by atoms with Gasteiger partial charge < -0.3 is 20.5 Å². The number of nitrogens with zero attached hydrogens (tertiary/aromatic N) is 3. The summed E-state index contributed by atoms with van der Waals surface area (Å²) < 4.78 is 9.88. The SMILES string of the molecule is COc1nc(NCC(N)C(C)C)nc(OC)n1. The van der Waals surface area contributed by atoms with Gasteiger partial charge in [0, 0.05) is 12.6 Å². The van der Waals surface area contributed by atoms with Crippen molar-refractivity contribution in [2.24, 2.45) is 11.7 Å². The number of nitrogens with two attached hydrogens (primary N) is 1. The molecule has 1 heterocycles. The molecular formula is C10H19N5O2. The molecule has 0 fully saturated rings. The molecule has 3 N–H and O–H groups in total. The third-order valence-electron chi connectivity index (χ3n) is 2.31. The van der Waals surface area contributed by atoms with Crippen molar-refractivity contribution in [3.8, 4) is 12.0 Å². The number of ether oxygens (including phenoxy) is 2. The van der Waals surface area contributed by atoms with Gasteiger partial charge in [-0.15, -0.1) is 4.98 Å². The van der Waals surface area contributed by atoms with Crippen LogP contribution in [0, 0.1) is 5.92 Å². The molecule has 0 aliphatic carbocycles. The average molecular weight is 241 g/mol. The summed E-state index contributed by atoms with van der Waals surface area (Å²) in [4.78, 5) is 12.0. The number of hydrogen-bond donors (Lipinski definition) is 2. The molecule has 0 bridgehead atoms. The largest absolute Gasteiger partial charge is 0.467 e. The molecule has 0 aromatic carbocycles. The quantitative estimate of drug-likeness (QED) is 0.738. The molecule has 1 atom stereocenters. The molecule has 17 heavy (non-hydrogen) atoms. The van der Waals surface area contributed by atoms with Crippen LogP contribution in [0.4, 0.5) is 5.95 Å². The first-order valence-corrected chi connectivity index (χ1v) is 5.40. The van der Waals surface area contributed by atoms with Crippen LogP contribution in [-0.4, -0.2) is 41.8 Å². The first-order chi connectivity index (χ1) is 8.06. The Kier molecular flexibility index (Phi) is 4.89. The molecule has 96 valence electrons. The summed E-state index contributed by atoms with van der Waals surface area (Å²) in [5, 5.41) is 3.03. The van der Waals surface area contributed by atoms with Crippen LogP contribution in [0.2, 0.25) is 0 Å². The molecular weight excluding hydrogens is 222 g/mol. The second-order valence-corrected chi connectivity index (χ2v) is 3.92. The van der Waals surface area contributed by atoms with Crippen LogP contribution >= 0.6 is 0 Å². The Morgan fingerprint density at radius 1 is 1.12 bits per heavy atom. The van der Waals surface area contributed by atoms with Gasteiger partial charge in [0.2, 0.25) is 5.95 Å². The van der Waals surface area contributed by atoms with E-state index in [4.69, 9.17) is 15.2 Å². The Morgan fingerprint density at radius 2 is 1.65 bits per heavy atom. The number of hydrogen-bond acceptors (Lipinski definition) is 7. The topological polar surface area (TPSA) is 95.2 Å². The maximum absolute atomic E-state index is 5.91. The molecule has 0 aliphatic rings. The lowest BCUT2D eigenvalue weighted by atomic mass is 10.1. The third-order valence-corrected chi connectivity index (χ3v) is 2.31. The van der Waals surface area contributed by atoms with Crippen molar-refractivity contribution in [1.82, 2.24) is 15.0 Å². The van der Waals surface area contributed by atoms with Crippen molar-refractivity contribution in [3.63, 3.8) is 0 Å². The van der Waals surface area contributed by atoms with Crippen LogP contribution in [0.1, 0.15) is 13.8 Å². The highest BCUT2D eigenvalue weighted by atomic mass is 16.5. The molecule has 7 nitrogen and oxygen atoms in total. The average Bonchev–Trinajstić information content (AvgIpc) is 2.35. The van der Waals surface area contributed by atoms with Gasteiger partial charge in [0.05, 0.1) is 14.2 Å². The van der Waals surface area contributed by atoms with E-state index in [9.17, 15) is 0 Å². The highest BCUT2D eigenvalue weighted by Gasteiger charge is 2.10. The van der Waals surface area contributed by atoms with E-state index >= 15 is 0 Å². The van der Waals surface area contributed by atoms with Gasteiger partial charge in [0.15, 0.2) is 0 Å². The fourth-order valence-corrected chi connectivity index (χ4v) is 1.04. The zero-order valence-corrected chi connectivity index (χ0v) is 10.6. The summed E-state index contributed by atoms with van der Waals surface area (Å²) in [5.74, 6) is 0.776. The molecule has 0 spiro atoms. The van der Waals surface area contributed by atoms with Crippen LogP contribution < -0.4 is 20.5 Å². The van der Waals surface area contributed by atoms with E-state index in [-0.39, 0.29) is 18.1 Å². The van der Waals surface area contributed by atoms with Crippen molar-refractivity contribution in [1.29, 1.82) is 0 Å². The van der Waals surface area contributed by atoms with Gasteiger partial charge in [-0.2, -0.15) is 9.97 Å². The first kappa shape index (κ1) is 13.4. The van der Waals surface area contributed by atoms with Gasteiger partial charge in [-0.1, -0.05) is 13.8 Å². The summed E-state index contributed by atoms with van der Waals surface area (Å²) in [5.41, 5.74) is 5.91. The normalized spacial score (nSPS) is 12.4. The Balaban J connectivity index is 2.70. The predicted octanol–water partition coefficient (Wildman–Crippen LogP) is 0.284. The van der Waals surface area contributed by atoms with Crippen LogP contribution in [0.3, 0.4) is 0 Å². The molecule has 0 saturated heterocycles. The molecule has 1 rings (SSSR count). The number of anilines is 1. The second kappa shape index (κ2) is 6.19. The number of aromatic nitrogens is 3. The zero-order chi connectivity index (χ0) is 12.8. The van der Waals surface area contributed by atoms with Gasteiger partial charge >= 0.3 is 12.0 Å². The van der Waals surface area contributed by atoms with E-state index in [0.29, 0.717) is 18.4 Å². The van der Waals surface area contributed by atoms with Crippen molar-refractivity contribution in [2.45, 2.75) is 19.9 Å². The monoisotopic (exact) mass is 241 g/mol. The maximum Gasteiger partial charge on any atom is 0.324 e. The fraction of sp³-hybridized carbons (Fsp3) is 0.700. The lowest BCUT2D eigenvalue weighted by Crippen LogP contribution is -2.34. The van der Waals surface area contributed by atoms with Crippen molar-refractivity contribution in [2.75, 3.05) is 26.1 Å². The van der Waals surface area contributed by atoms with Gasteiger partial charge in [0.25, 0.3) is 0 Å². The molecule has 1 unspecified atom stereocenters. The Morgan fingerprint density at radius 3 is 2.06 bits per heavy atom. The second-order valence-electron chi connectivity index (χ2n) is 3.92. The Bertz CT molecular complexity index is 336. The van der Waals surface area contributed by atoms with Gasteiger partial charge in [-0.25, -0.2) is 0 Å². The minimum atomic E-state index is 0.0313. The lowest BCUT2D eigenvalue weighted by molar-refractivity contribution is 0.341. The highest BCUT2D eigenvalue weighted by Crippen LogP contribution is 2.12. The Labute approximate surface area is 101 Å².